The molecule has 0 saturated heterocycles. The number of ether oxygens (including phenoxy) is 1. The SMILES string of the molecule is CCCCC(C)C(CC(CC)N=C(NC(=O)c1ccc(F)c(F)c1)NC(C)COC)c1cc(F)cc(Cl)c1. The summed E-state index contributed by atoms with van der Waals surface area (Å²) >= 11 is 6.19. The van der Waals surface area contributed by atoms with Crippen LogP contribution in [0.2, 0.25) is 5.02 Å². The van der Waals surface area contributed by atoms with Gasteiger partial charge < -0.3 is 10.1 Å². The van der Waals surface area contributed by atoms with Crippen molar-refractivity contribution in [2.45, 2.75) is 77.8 Å². The van der Waals surface area contributed by atoms with Gasteiger partial charge in [-0.1, -0.05) is 51.6 Å². The molecule has 0 bridgehead atoms. The molecule has 2 aromatic rings. The number of rotatable bonds is 13. The first kappa shape index (κ1) is 31.6. The highest BCUT2D eigenvalue weighted by molar-refractivity contribution is 6.30. The Labute approximate surface area is 229 Å². The van der Waals surface area contributed by atoms with Crippen molar-refractivity contribution in [3.05, 3.63) is 70.0 Å². The maximum absolute atomic E-state index is 14.3. The van der Waals surface area contributed by atoms with E-state index in [1.54, 1.807) is 13.2 Å². The van der Waals surface area contributed by atoms with Crippen molar-refractivity contribution < 1.29 is 22.7 Å². The smallest absolute Gasteiger partial charge is 0.258 e. The molecule has 4 unspecified atom stereocenters. The summed E-state index contributed by atoms with van der Waals surface area (Å²) < 4.78 is 46.6. The maximum Gasteiger partial charge on any atom is 0.258 e. The number of aliphatic imine (C=N–C) groups is 1. The minimum atomic E-state index is -1.11. The van der Waals surface area contributed by atoms with Crippen LogP contribution in [0.3, 0.4) is 0 Å². The Balaban J connectivity index is 2.38. The van der Waals surface area contributed by atoms with Crippen LogP contribution in [0.4, 0.5) is 13.2 Å². The van der Waals surface area contributed by atoms with Gasteiger partial charge >= 0.3 is 0 Å². The van der Waals surface area contributed by atoms with Crippen LogP contribution in [0.5, 0.6) is 0 Å². The highest BCUT2D eigenvalue weighted by Gasteiger charge is 2.25. The van der Waals surface area contributed by atoms with E-state index in [9.17, 15) is 18.0 Å². The van der Waals surface area contributed by atoms with Gasteiger partial charge in [0.2, 0.25) is 0 Å². The Morgan fingerprint density at radius 1 is 1.08 bits per heavy atom. The number of benzene rings is 2. The standard InChI is InChI=1S/C29H39ClF3N3O2/c1-6-8-9-18(3)25(21-12-22(30)15-23(31)13-21)16-24(7-2)35-29(34-19(4)17-38-5)36-28(37)20-10-11-26(32)27(33)14-20/h10-15,18-19,24-25H,6-9,16-17H2,1-5H3,(H2,34,35,36,37). The van der Waals surface area contributed by atoms with Crippen molar-refractivity contribution >= 4 is 23.5 Å². The predicted molar refractivity (Wildman–Crippen MR) is 147 cm³/mol. The van der Waals surface area contributed by atoms with Crippen LogP contribution in [0.1, 0.15) is 81.6 Å². The zero-order valence-electron chi connectivity index (χ0n) is 22.8. The fourth-order valence-electron chi connectivity index (χ4n) is 4.45. The number of nitrogens with zero attached hydrogens (tertiary/aromatic N) is 1. The van der Waals surface area contributed by atoms with Gasteiger partial charge in [0.1, 0.15) is 5.82 Å². The molecule has 38 heavy (non-hydrogen) atoms. The van der Waals surface area contributed by atoms with E-state index in [1.807, 2.05) is 13.8 Å². The lowest BCUT2D eigenvalue weighted by Gasteiger charge is -2.28. The lowest BCUT2D eigenvalue weighted by atomic mass is 9.79. The first-order valence-corrected chi connectivity index (χ1v) is 13.5. The molecule has 0 radical (unpaired) electrons. The Morgan fingerprint density at radius 2 is 1.82 bits per heavy atom. The number of hydrogen-bond acceptors (Lipinski definition) is 3. The highest BCUT2D eigenvalue weighted by Crippen LogP contribution is 2.35. The molecule has 0 fully saturated rings. The molecule has 2 rings (SSSR count). The number of amides is 1. The van der Waals surface area contributed by atoms with Crippen molar-refractivity contribution in [1.29, 1.82) is 0 Å². The zero-order valence-corrected chi connectivity index (χ0v) is 23.5. The van der Waals surface area contributed by atoms with Gasteiger partial charge in [-0.25, -0.2) is 18.2 Å². The van der Waals surface area contributed by atoms with E-state index in [2.05, 4.69) is 24.5 Å². The summed E-state index contributed by atoms with van der Waals surface area (Å²) in [5, 5.41) is 6.20. The van der Waals surface area contributed by atoms with Gasteiger partial charge in [-0.2, -0.15) is 0 Å². The van der Waals surface area contributed by atoms with Gasteiger partial charge in [0.15, 0.2) is 17.6 Å². The Hall–Kier alpha value is -2.58. The van der Waals surface area contributed by atoms with E-state index in [-0.39, 0.29) is 41.3 Å². The van der Waals surface area contributed by atoms with Crippen molar-refractivity contribution in [3.8, 4) is 0 Å². The van der Waals surface area contributed by atoms with Gasteiger partial charge in [-0.15, -0.1) is 0 Å². The van der Waals surface area contributed by atoms with Crippen molar-refractivity contribution in [2.75, 3.05) is 13.7 Å². The topological polar surface area (TPSA) is 62.7 Å². The van der Waals surface area contributed by atoms with Crippen LogP contribution >= 0.6 is 11.6 Å². The largest absolute Gasteiger partial charge is 0.383 e. The van der Waals surface area contributed by atoms with Gasteiger partial charge in [0, 0.05) is 23.7 Å². The number of methoxy groups -OCH3 is 1. The van der Waals surface area contributed by atoms with Crippen LogP contribution in [0.25, 0.3) is 0 Å². The fourth-order valence-corrected chi connectivity index (χ4v) is 4.68. The molecule has 2 N–H and O–H groups in total. The summed E-state index contributed by atoms with van der Waals surface area (Å²) in [6.45, 7) is 8.51. The Bertz CT molecular complexity index is 1060. The van der Waals surface area contributed by atoms with Crippen LogP contribution in [0.15, 0.2) is 41.4 Å². The van der Waals surface area contributed by atoms with Crippen LogP contribution in [0, 0.1) is 23.4 Å². The molecule has 4 atom stereocenters. The molecule has 210 valence electrons. The predicted octanol–water partition coefficient (Wildman–Crippen LogP) is 7.25. The van der Waals surface area contributed by atoms with Gasteiger partial charge in [-0.05, 0) is 73.6 Å². The molecule has 0 spiro atoms. The highest BCUT2D eigenvalue weighted by atomic mass is 35.5. The second kappa shape index (κ2) is 15.7. The Kier molecular flexibility index (Phi) is 13.1. The first-order valence-electron chi connectivity index (χ1n) is 13.1. The molecular weight excluding hydrogens is 515 g/mol. The third-order valence-electron chi connectivity index (χ3n) is 6.54. The number of carbonyl (C=O) groups is 1. The summed E-state index contributed by atoms with van der Waals surface area (Å²) in [4.78, 5) is 17.7. The Morgan fingerprint density at radius 3 is 2.42 bits per heavy atom. The van der Waals surface area contributed by atoms with Crippen molar-refractivity contribution in [2.24, 2.45) is 10.9 Å². The normalized spacial score (nSPS) is 15.0. The van der Waals surface area contributed by atoms with Gasteiger partial charge in [-0.3, -0.25) is 10.1 Å². The van der Waals surface area contributed by atoms with E-state index in [4.69, 9.17) is 21.3 Å². The minimum absolute atomic E-state index is 0.0111. The van der Waals surface area contributed by atoms with Gasteiger partial charge in [0.25, 0.3) is 5.91 Å². The number of hydrogen-bond donors (Lipinski definition) is 2. The number of nitrogens with one attached hydrogen (secondary N) is 2. The molecule has 0 aliphatic rings. The molecule has 1 amide bonds. The lowest BCUT2D eigenvalue weighted by Crippen LogP contribution is -2.47. The molecule has 9 heteroatoms. The molecule has 0 saturated carbocycles. The second-order valence-corrected chi connectivity index (χ2v) is 10.2. The molecule has 0 aromatic heterocycles. The maximum atomic E-state index is 14.3. The van der Waals surface area contributed by atoms with E-state index in [0.717, 1.165) is 37.0 Å². The molecule has 2 aromatic carbocycles. The van der Waals surface area contributed by atoms with E-state index in [1.165, 1.54) is 18.2 Å². The van der Waals surface area contributed by atoms with Crippen molar-refractivity contribution in [3.63, 3.8) is 0 Å². The average Bonchev–Trinajstić information content (AvgIpc) is 2.85. The number of carbonyl (C=O) groups excluding carboxylic acids is 1. The van der Waals surface area contributed by atoms with Crippen LogP contribution < -0.4 is 10.6 Å². The summed E-state index contributed by atoms with van der Waals surface area (Å²) in [5.41, 5.74) is 0.784. The fraction of sp³-hybridized carbons (Fsp3) is 0.517. The summed E-state index contributed by atoms with van der Waals surface area (Å²) in [6, 6.07) is 7.16. The summed E-state index contributed by atoms with van der Waals surface area (Å²) in [5.74, 6) is -2.71. The minimum Gasteiger partial charge on any atom is -0.383 e. The average molecular weight is 554 g/mol. The quantitative estimate of drug-likeness (QED) is 0.203. The summed E-state index contributed by atoms with van der Waals surface area (Å²) in [7, 11) is 1.57. The third kappa shape index (κ3) is 9.95. The number of halogens is 4. The second-order valence-electron chi connectivity index (χ2n) is 9.79. The lowest BCUT2D eigenvalue weighted by molar-refractivity contribution is 0.0974. The zero-order chi connectivity index (χ0) is 28.2. The van der Waals surface area contributed by atoms with E-state index < -0.39 is 17.5 Å². The summed E-state index contributed by atoms with van der Waals surface area (Å²) in [6.07, 6.45) is 4.33. The van der Waals surface area contributed by atoms with Gasteiger partial charge in [0.05, 0.1) is 12.6 Å². The van der Waals surface area contributed by atoms with Crippen molar-refractivity contribution in [1.82, 2.24) is 10.6 Å². The third-order valence-corrected chi connectivity index (χ3v) is 6.75. The molecule has 5 nitrogen and oxygen atoms in total. The van der Waals surface area contributed by atoms with E-state index >= 15 is 0 Å². The van der Waals surface area contributed by atoms with Crippen LogP contribution in [-0.2, 0) is 4.74 Å². The van der Waals surface area contributed by atoms with E-state index in [0.29, 0.717) is 24.5 Å². The molecular formula is C29H39ClF3N3O2. The number of guanidine groups is 1. The molecule has 0 aliphatic heterocycles. The first-order chi connectivity index (χ1) is 18.1. The molecule has 0 heterocycles. The number of unbranched alkanes of at least 4 members (excludes halogenated alkanes) is 1. The van der Waals surface area contributed by atoms with Crippen LogP contribution in [-0.4, -0.2) is 37.7 Å². The molecule has 0 aliphatic carbocycles. The monoisotopic (exact) mass is 553 g/mol.